The van der Waals surface area contributed by atoms with Crippen molar-refractivity contribution in [3.63, 3.8) is 0 Å². The minimum Gasteiger partial charge on any atom is -0.378 e. The van der Waals surface area contributed by atoms with Gasteiger partial charge in [-0.25, -0.2) is 0 Å². The molecule has 1 aromatic rings. The van der Waals surface area contributed by atoms with Gasteiger partial charge in [0.05, 0.1) is 11.6 Å². The van der Waals surface area contributed by atoms with E-state index in [4.69, 9.17) is 10.5 Å². The van der Waals surface area contributed by atoms with E-state index in [1.165, 1.54) is 18.5 Å². The number of ether oxygens (including phenoxy) is 1. The zero-order valence-corrected chi connectivity index (χ0v) is 17.1. The van der Waals surface area contributed by atoms with Crippen molar-refractivity contribution in [1.82, 2.24) is 14.7 Å². The Morgan fingerprint density at radius 3 is 2.46 bits per heavy atom. The Labute approximate surface area is 162 Å². The molecule has 1 saturated carbocycles. The number of hydrogen-bond acceptors (Lipinski definition) is 4. The highest BCUT2D eigenvalue weighted by Gasteiger charge is 2.34. The second-order valence-electron chi connectivity index (χ2n) is 8.32. The van der Waals surface area contributed by atoms with Crippen molar-refractivity contribution in [3.8, 4) is 0 Å². The predicted molar refractivity (Wildman–Crippen MR) is 105 cm³/mol. The number of carbonyl (C=O) groups excluding carboxylic acids is 1. The highest BCUT2D eigenvalue weighted by atomic mass is 35.5. The first-order chi connectivity index (χ1) is 11.9. The lowest BCUT2D eigenvalue weighted by Crippen LogP contribution is -2.41. The Morgan fingerprint density at radius 1 is 1.27 bits per heavy atom. The molecular weight excluding hydrogens is 352 g/mol. The minimum absolute atomic E-state index is 0. The number of aromatic nitrogens is 2. The summed E-state index contributed by atoms with van der Waals surface area (Å²) in [5.41, 5.74) is 7.22. The first-order valence-corrected chi connectivity index (χ1v) is 9.61. The monoisotopic (exact) mass is 384 g/mol. The maximum absolute atomic E-state index is 12.9. The van der Waals surface area contributed by atoms with Crippen molar-refractivity contribution in [2.24, 2.45) is 5.73 Å². The van der Waals surface area contributed by atoms with Gasteiger partial charge < -0.3 is 15.4 Å². The van der Waals surface area contributed by atoms with Gasteiger partial charge in [0.15, 0.2) is 5.69 Å². The van der Waals surface area contributed by atoms with Crippen molar-refractivity contribution < 1.29 is 9.53 Å². The lowest BCUT2D eigenvalue weighted by atomic mass is 10.1. The summed E-state index contributed by atoms with van der Waals surface area (Å²) in [6.07, 6.45) is 5.36. The van der Waals surface area contributed by atoms with Crippen molar-refractivity contribution in [3.05, 3.63) is 17.5 Å². The van der Waals surface area contributed by atoms with Gasteiger partial charge in [-0.1, -0.05) is 0 Å². The van der Waals surface area contributed by atoms with Crippen LogP contribution < -0.4 is 5.73 Å². The van der Waals surface area contributed by atoms with Crippen LogP contribution in [0.5, 0.6) is 0 Å². The molecule has 2 heterocycles. The highest BCUT2D eigenvalue weighted by Crippen LogP contribution is 2.41. The Kier molecular flexibility index (Phi) is 7.11. The Morgan fingerprint density at radius 2 is 1.92 bits per heavy atom. The minimum atomic E-state index is -0.0969. The number of piperidine rings is 1. The zero-order chi connectivity index (χ0) is 18.0. The largest absolute Gasteiger partial charge is 0.378 e. The molecule has 6 nitrogen and oxygen atoms in total. The SMILES string of the molecule is CC(C)(C)n1nc(C(=O)N2CCC(OCCCN)CC2)cc1C1CC1.Cl. The first kappa shape index (κ1) is 21.2. The molecule has 1 aliphatic carbocycles. The summed E-state index contributed by atoms with van der Waals surface area (Å²) in [6, 6.07) is 2.02. The van der Waals surface area contributed by atoms with Crippen LogP contribution in [-0.4, -0.2) is 52.9 Å². The molecule has 3 rings (SSSR count). The molecule has 0 spiro atoms. The van der Waals surface area contributed by atoms with E-state index < -0.39 is 0 Å². The topological polar surface area (TPSA) is 73.4 Å². The molecule has 1 aromatic heterocycles. The van der Waals surface area contributed by atoms with Gasteiger partial charge in [-0.15, -0.1) is 12.4 Å². The van der Waals surface area contributed by atoms with Crippen molar-refractivity contribution >= 4 is 18.3 Å². The number of halogens is 1. The van der Waals surface area contributed by atoms with Crippen LogP contribution in [-0.2, 0) is 10.3 Å². The van der Waals surface area contributed by atoms with Gasteiger partial charge in [0.1, 0.15) is 0 Å². The van der Waals surface area contributed by atoms with Gasteiger partial charge >= 0.3 is 0 Å². The van der Waals surface area contributed by atoms with Crippen LogP contribution in [0.1, 0.15) is 75.0 Å². The van der Waals surface area contributed by atoms with E-state index in [0.717, 1.165) is 39.0 Å². The normalized spacial score (nSPS) is 18.7. The van der Waals surface area contributed by atoms with Gasteiger partial charge in [0.25, 0.3) is 5.91 Å². The summed E-state index contributed by atoms with van der Waals surface area (Å²) < 4.78 is 7.88. The Hall–Kier alpha value is -1.11. The van der Waals surface area contributed by atoms with E-state index >= 15 is 0 Å². The molecule has 26 heavy (non-hydrogen) atoms. The van der Waals surface area contributed by atoms with Gasteiger partial charge in [0.2, 0.25) is 0 Å². The van der Waals surface area contributed by atoms with E-state index in [-0.39, 0.29) is 30.0 Å². The second kappa shape index (κ2) is 8.72. The van der Waals surface area contributed by atoms with Crippen LogP contribution in [0.4, 0.5) is 0 Å². The van der Waals surface area contributed by atoms with Crippen molar-refractivity contribution in [2.45, 2.75) is 70.4 Å². The molecule has 7 heteroatoms. The van der Waals surface area contributed by atoms with E-state index in [1.54, 1.807) is 0 Å². The summed E-state index contributed by atoms with van der Waals surface area (Å²) in [4.78, 5) is 14.8. The van der Waals surface area contributed by atoms with Gasteiger partial charge in [-0.2, -0.15) is 5.10 Å². The summed E-state index contributed by atoms with van der Waals surface area (Å²) >= 11 is 0. The summed E-state index contributed by atoms with van der Waals surface area (Å²) in [7, 11) is 0. The molecule has 0 unspecified atom stereocenters. The van der Waals surface area contributed by atoms with Crippen LogP contribution >= 0.6 is 12.4 Å². The number of nitrogens with two attached hydrogens (primary N) is 1. The molecule has 0 radical (unpaired) electrons. The number of amides is 1. The maximum atomic E-state index is 12.9. The number of likely N-dealkylation sites (tertiary alicyclic amines) is 1. The van der Waals surface area contributed by atoms with Crippen LogP contribution in [0, 0.1) is 0 Å². The number of carbonyl (C=O) groups is 1. The van der Waals surface area contributed by atoms with E-state index in [0.29, 0.717) is 18.2 Å². The van der Waals surface area contributed by atoms with E-state index in [9.17, 15) is 4.79 Å². The fourth-order valence-electron chi connectivity index (χ4n) is 3.43. The molecule has 1 saturated heterocycles. The quantitative estimate of drug-likeness (QED) is 0.765. The smallest absolute Gasteiger partial charge is 0.274 e. The summed E-state index contributed by atoms with van der Waals surface area (Å²) in [5.74, 6) is 0.639. The average Bonchev–Trinajstić information content (AvgIpc) is 3.32. The third-order valence-electron chi connectivity index (χ3n) is 5.02. The van der Waals surface area contributed by atoms with Crippen molar-refractivity contribution in [2.75, 3.05) is 26.2 Å². The molecule has 2 fully saturated rings. The molecule has 1 aliphatic heterocycles. The predicted octanol–water partition coefficient (Wildman–Crippen LogP) is 2.91. The number of hydrogen-bond donors (Lipinski definition) is 1. The standard InChI is InChI=1S/C19H32N4O2.ClH/c1-19(2,3)23-17(14-5-6-14)13-16(21-23)18(24)22-10-7-15(8-11-22)25-12-4-9-20;/h13-15H,4-12,20H2,1-3H3;1H. The number of rotatable bonds is 6. The van der Waals surface area contributed by atoms with Gasteiger partial charge in [-0.05, 0) is 65.5 Å². The van der Waals surface area contributed by atoms with Crippen LogP contribution in [0.25, 0.3) is 0 Å². The summed E-state index contributed by atoms with van der Waals surface area (Å²) in [5, 5.41) is 4.68. The highest BCUT2D eigenvalue weighted by molar-refractivity contribution is 5.92. The molecule has 2 aliphatic rings. The molecular formula is C19H33ClN4O2. The fourth-order valence-corrected chi connectivity index (χ4v) is 3.43. The molecule has 1 amide bonds. The lowest BCUT2D eigenvalue weighted by Gasteiger charge is -2.31. The first-order valence-electron chi connectivity index (χ1n) is 9.61. The Bertz CT molecular complexity index is 599. The lowest BCUT2D eigenvalue weighted by molar-refractivity contribution is 0.00826. The third-order valence-corrected chi connectivity index (χ3v) is 5.02. The molecule has 0 bridgehead atoms. The van der Waals surface area contributed by atoms with Crippen LogP contribution in [0.3, 0.4) is 0 Å². The average molecular weight is 385 g/mol. The third kappa shape index (κ3) is 4.99. The molecule has 2 N–H and O–H groups in total. The second-order valence-corrected chi connectivity index (χ2v) is 8.32. The Balaban J connectivity index is 0.00000243. The summed E-state index contributed by atoms with van der Waals surface area (Å²) in [6.45, 7) is 9.30. The van der Waals surface area contributed by atoms with E-state index in [1.807, 2.05) is 11.0 Å². The van der Waals surface area contributed by atoms with Gasteiger partial charge in [0, 0.05) is 31.3 Å². The number of nitrogens with zero attached hydrogens (tertiary/aromatic N) is 3. The van der Waals surface area contributed by atoms with Crippen LogP contribution in [0.15, 0.2) is 6.07 Å². The zero-order valence-electron chi connectivity index (χ0n) is 16.2. The molecule has 0 aromatic carbocycles. The van der Waals surface area contributed by atoms with Crippen molar-refractivity contribution in [1.29, 1.82) is 0 Å². The molecule has 0 atom stereocenters. The fraction of sp³-hybridized carbons (Fsp3) is 0.789. The van der Waals surface area contributed by atoms with Crippen LogP contribution in [0.2, 0.25) is 0 Å². The maximum Gasteiger partial charge on any atom is 0.274 e. The van der Waals surface area contributed by atoms with E-state index in [2.05, 4.69) is 30.6 Å². The molecule has 148 valence electrons. The van der Waals surface area contributed by atoms with Gasteiger partial charge in [-0.3, -0.25) is 9.48 Å².